The maximum atomic E-state index is 14.4. The number of hydrogen-bond donors (Lipinski definition) is 2. The average Bonchev–Trinajstić information content (AvgIpc) is 3.60. The molecule has 1 aliphatic rings. The molecule has 1 saturated carbocycles. The third kappa shape index (κ3) is 8.70. The minimum atomic E-state index is -4.57. The monoisotopic (exact) mass is 600 g/mol. The van der Waals surface area contributed by atoms with Crippen LogP contribution in [0.4, 0.5) is 33.5 Å². The number of alkyl halides is 5. The van der Waals surface area contributed by atoms with Crippen LogP contribution >= 0.6 is 0 Å². The van der Waals surface area contributed by atoms with Gasteiger partial charge < -0.3 is 15.4 Å². The number of amides is 1. The Kier molecular flexibility index (Phi) is 8.33. The first-order valence-electron chi connectivity index (χ1n) is 12.2. The van der Waals surface area contributed by atoms with Gasteiger partial charge in [0.05, 0.1) is 17.9 Å². The molecule has 0 spiro atoms. The number of nitrogens with zero attached hydrogens (tertiary/aromatic N) is 4. The van der Waals surface area contributed by atoms with Crippen molar-refractivity contribution in [1.29, 1.82) is 0 Å². The molecule has 0 bridgehead atoms. The van der Waals surface area contributed by atoms with Crippen LogP contribution in [-0.4, -0.2) is 52.5 Å². The Morgan fingerprint density at radius 2 is 1.85 bits per heavy atom. The molecule has 41 heavy (non-hydrogen) atoms. The summed E-state index contributed by atoms with van der Waals surface area (Å²) in [5.41, 5.74) is -0.530. The second-order valence-electron chi connectivity index (χ2n) is 9.54. The van der Waals surface area contributed by atoms with Gasteiger partial charge in [-0.15, -0.1) is 0 Å². The molecule has 2 heterocycles. The quantitative estimate of drug-likeness (QED) is 0.296. The summed E-state index contributed by atoms with van der Waals surface area (Å²) in [6, 6.07) is 7.11. The number of benzene rings is 1. The van der Waals surface area contributed by atoms with Crippen LogP contribution in [0, 0.1) is 5.92 Å². The van der Waals surface area contributed by atoms with E-state index in [1.54, 1.807) is 18.2 Å². The molecule has 4 rings (SSSR count). The van der Waals surface area contributed by atoms with E-state index in [1.807, 2.05) is 0 Å². The van der Waals surface area contributed by atoms with Gasteiger partial charge in [0.15, 0.2) is 15.7 Å². The smallest absolute Gasteiger partial charge is 0.408 e. The molecule has 16 heteroatoms. The molecule has 1 aromatic carbocycles. The third-order valence-corrected chi connectivity index (χ3v) is 6.30. The lowest BCUT2D eigenvalue weighted by Gasteiger charge is -2.20. The lowest BCUT2D eigenvalue weighted by Crippen LogP contribution is -2.36. The predicted molar refractivity (Wildman–Crippen MR) is 138 cm³/mol. The van der Waals surface area contributed by atoms with Crippen LogP contribution in [0.15, 0.2) is 54.2 Å². The van der Waals surface area contributed by atoms with Crippen LogP contribution in [0.5, 0.6) is 11.6 Å². The zero-order valence-electron chi connectivity index (χ0n) is 21.7. The van der Waals surface area contributed by atoms with Crippen molar-refractivity contribution in [2.45, 2.75) is 44.5 Å². The SMILES string of the molecule is CC(F)(F)c1nc(Nc2cnn(CC(F)(F)F)c2)c(C(=O)N[C@H](/C=C/S(C)(=O)=O)C2CC2)c(Oc2ccccc2)n1. The number of para-hydroxylation sites is 1. The lowest BCUT2D eigenvalue weighted by molar-refractivity contribution is -0.142. The Bertz CT molecular complexity index is 1530. The number of ether oxygens (including phenoxy) is 1. The van der Waals surface area contributed by atoms with E-state index in [0.29, 0.717) is 24.4 Å². The molecule has 3 aromatic rings. The van der Waals surface area contributed by atoms with Crippen LogP contribution in [0.3, 0.4) is 0 Å². The van der Waals surface area contributed by atoms with Crippen molar-refractivity contribution in [2.75, 3.05) is 11.6 Å². The van der Waals surface area contributed by atoms with Crippen LogP contribution in [0.2, 0.25) is 0 Å². The van der Waals surface area contributed by atoms with Gasteiger partial charge in [0.1, 0.15) is 17.9 Å². The molecule has 2 N–H and O–H groups in total. The Balaban J connectivity index is 1.79. The van der Waals surface area contributed by atoms with E-state index >= 15 is 0 Å². The van der Waals surface area contributed by atoms with E-state index < -0.39 is 63.5 Å². The van der Waals surface area contributed by atoms with Gasteiger partial charge in [-0.1, -0.05) is 24.3 Å². The molecule has 0 radical (unpaired) electrons. The normalized spacial score (nSPS) is 15.1. The first-order valence-corrected chi connectivity index (χ1v) is 14.1. The van der Waals surface area contributed by atoms with Crippen molar-refractivity contribution < 1.29 is 39.9 Å². The number of sulfone groups is 1. The summed E-state index contributed by atoms with van der Waals surface area (Å²) in [6.45, 7) is -0.888. The number of carbonyl (C=O) groups is 1. The van der Waals surface area contributed by atoms with Crippen LogP contribution in [0.25, 0.3) is 0 Å². The van der Waals surface area contributed by atoms with Gasteiger partial charge in [-0.25, -0.2) is 13.4 Å². The Hall–Kier alpha value is -4.08. The number of hydrogen-bond acceptors (Lipinski definition) is 8. The zero-order valence-corrected chi connectivity index (χ0v) is 22.5. The molecule has 1 aliphatic carbocycles. The highest BCUT2D eigenvalue weighted by molar-refractivity contribution is 7.93. The lowest BCUT2D eigenvalue weighted by atomic mass is 10.1. The van der Waals surface area contributed by atoms with E-state index in [0.717, 1.165) is 24.1 Å². The first kappa shape index (κ1) is 29.9. The number of halogens is 5. The summed E-state index contributed by atoms with van der Waals surface area (Å²) < 4.78 is 97.0. The van der Waals surface area contributed by atoms with Crippen molar-refractivity contribution in [3.63, 3.8) is 0 Å². The summed E-state index contributed by atoms with van der Waals surface area (Å²) in [5.74, 6) is -6.52. The minimum Gasteiger partial charge on any atom is -0.438 e. The molecule has 0 aliphatic heterocycles. The molecule has 1 amide bonds. The van der Waals surface area contributed by atoms with Crippen molar-refractivity contribution >= 4 is 27.2 Å². The van der Waals surface area contributed by atoms with Gasteiger partial charge in [0.2, 0.25) is 11.7 Å². The van der Waals surface area contributed by atoms with Gasteiger partial charge >= 0.3 is 12.1 Å². The van der Waals surface area contributed by atoms with Gasteiger partial charge in [-0.05, 0) is 30.9 Å². The van der Waals surface area contributed by atoms with Crippen LogP contribution in [-0.2, 0) is 22.3 Å². The fraction of sp³-hybridized carbons (Fsp3) is 0.360. The number of nitrogens with one attached hydrogen (secondary N) is 2. The van der Waals surface area contributed by atoms with Gasteiger partial charge in [0, 0.05) is 24.8 Å². The fourth-order valence-corrected chi connectivity index (χ4v) is 4.12. The summed E-state index contributed by atoms with van der Waals surface area (Å²) in [7, 11) is -3.52. The predicted octanol–water partition coefficient (Wildman–Crippen LogP) is 4.95. The highest BCUT2D eigenvalue weighted by Gasteiger charge is 2.36. The van der Waals surface area contributed by atoms with E-state index in [2.05, 4.69) is 25.7 Å². The van der Waals surface area contributed by atoms with E-state index in [4.69, 9.17) is 4.74 Å². The molecule has 1 fully saturated rings. The molecule has 0 unspecified atom stereocenters. The first-order chi connectivity index (χ1) is 19.1. The number of anilines is 2. The van der Waals surface area contributed by atoms with Crippen LogP contribution < -0.4 is 15.4 Å². The van der Waals surface area contributed by atoms with Crippen molar-refractivity contribution in [3.8, 4) is 11.6 Å². The minimum absolute atomic E-state index is 0.0763. The summed E-state index contributed by atoms with van der Waals surface area (Å²) in [4.78, 5) is 21.3. The maximum absolute atomic E-state index is 14.4. The molecule has 220 valence electrons. The summed E-state index contributed by atoms with van der Waals surface area (Å²) in [6.07, 6.45) is 1.08. The van der Waals surface area contributed by atoms with Crippen molar-refractivity contribution in [2.24, 2.45) is 5.92 Å². The number of rotatable bonds is 11. The molecule has 2 aromatic heterocycles. The fourth-order valence-electron chi connectivity index (χ4n) is 3.67. The van der Waals surface area contributed by atoms with Gasteiger partial charge in [0.25, 0.3) is 5.91 Å². The van der Waals surface area contributed by atoms with Crippen molar-refractivity contribution in [3.05, 3.63) is 65.6 Å². The highest BCUT2D eigenvalue weighted by Crippen LogP contribution is 2.36. The van der Waals surface area contributed by atoms with E-state index in [9.17, 15) is 35.2 Å². The highest BCUT2D eigenvalue weighted by atomic mass is 32.2. The van der Waals surface area contributed by atoms with Gasteiger partial charge in [-0.2, -0.15) is 32.0 Å². The molecular weight excluding hydrogens is 575 g/mol. The van der Waals surface area contributed by atoms with E-state index in [1.165, 1.54) is 18.2 Å². The molecule has 1 atom stereocenters. The zero-order chi connectivity index (χ0) is 30.0. The largest absolute Gasteiger partial charge is 0.438 e. The number of aromatic nitrogens is 4. The Morgan fingerprint density at radius 1 is 1.17 bits per heavy atom. The summed E-state index contributed by atoms with van der Waals surface area (Å²) in [5, 5.41) is 9.80. The average molecular weight is 601 g/mol. The third-order valence-electron chi connectivity index (χ3n) is 5.65. The van der Waals surface area contributed by atoms with Crippen LogP contribution in [0.1, 0.15) is 35.9 Å². The second kappa shape index (κ2) is 11.4. The Morgan fingerprint density at radius 3 is 2.44 bits per heavy atom. The maximum Gasteiger partial charge on any atom is 0.408 e. The second-order valence-corrected chi connectivity index (χ2v) is 11.5. The van der Waals surface area contributed by atoms with Crippen molar-refractivity contribution in [1.82, 2.24) is 25.1 Å². The number of carbonyl (C=O) groups excluding carboxylic acids is 1. The molecular formula is C25H25F5N6O4S. The molecule has 10 nitrogen and oxygen atoms in total. The molecule has 0 saturated heterocycles. The standard InChI is InChI=1S/C25H25F5N6O4S/c1-24(26,27)23-34-20(32-16-12-31-36(13-16)14-25(28,29)30)19(22(35-23)40-17-6-4-3-5-7-17)21(37)33-18(15-8-9-15)10-11-41(2,38)39/h3-7,10-13,15,18H,8-9,14H2,1-2H3,(H,33,37)(H,32,34,35)/b11-10+/t18-/m1/s1. The summed E-state index contributed by atoms with van der Waals surface area (Å²) >= 11 is 0. The van der Waals surface area contributed by atoms with Gasteiger partial charge in [-0.3, -0.25) is 9.48 Å². The Labute approximate surface area is 231 Å². The topological polar surface area (TPSA) is 128 Å². The van der Waals surface area contributed by atoms with E-state index in [-0.39, 0.29) is 17.4 Å².